The van der Waals surface area contributed by atoms with Crippen LogP contribution in [0.3, 0.4) is 0 Å². The van der Waals surface area contributed by atoms with E-state index < -0.39 is 0 Å². The molecule has 0 saturated heterocycles. The minimum absolute atomic E-state index is 0.0719. The number of hydrogen-bond acceptors (Lipinski definition) is 5. The molecule has 4 aromatic rings. The van der Waals surface area contributed by atoms with E-state index in [0.29, 0.717) is 12.1 Å². The topological polar surface area (TPSA) is 60.5 Å². The molecule has 1 aliphatic heterocycles. The first-order valence-corrected chi connectivity index (χ1v) is 10.8. The number of carbonyl (C=O) groups is 1. The molecule has 6 heteroatoms. The molecular formula is C25H20N2O3S. The molecule has 1 aromatic heterocycles. The molecule has 0 fully saturated rings. The maximum Gasteiger partial charge on any atom is 0.251 e. The van der Waals surface area contributed by atoms with Gasteiger partial charge in [-0.15, -0.1) is 11.3 Å². The molecule has 1 aliphatic rings. The predicted octanol–water partition coefficient (Wildman–Crippen LogP) is 5.44. The highest BCUT2D eigenvalue weighted by Gasteiger charge is 2.15. The highest BCUT2D eigenvalue weighted by atomic mass is 32.1. The highest BCUT2D eigenvalue weighted by Crippen LogP contribution is 2.37. The number of rotatable bonds is 5. The van der Waals surface area contributed by atoms with E-state index in [9.17, 15) is 4.79 Å². The second-order valence-corrected chi connectivity index (χ2v) is 8.21. The number of nitrogens with zero attached hydrogens (tertiary/aromatic N) is 1. The molecule has 2 heterocycles. The second-order valence-electron chi connectivity index (χ2n) is 7.35. The van der Waals surface area contributed by atoms with E-state index in [4.69, 9.17) is 14.5 Å². The van der Waals surface area contributed by atoms with Crippen molar-refractivity contribution in [2.45, 2.75) is 13.5 Å². The van der Waals surface area contributed by atoms with Crippen molar-refractivity contribution in [3.05, 3.63) is 88.8 Å². The molecule has 31 heavy (non-hydrogen) atoms. The van der Waals surface area contributed by atoms with Gasteiger partial charge in [-0.05, 0) is 42.8 Å². The Balaban J connectivity index is 1.25. The van der Waals surface area contributed by atoms with Gasteiger partial charge in [0.05, 0.1) is 5.69 Å². The van der Waals surface area contributed by atoms with Gasteiger partial charge in [-0.1, -0.05) is 42.0 Å². The molecular weight excluding hydrogens is 408 g/mol. The van der Waals surface area contributed by atoms with Gasteiger partial charge in [-0.25, -0.2) is 4.98 Å². The maximum atomic E-state index is 12.3. The fraction of sp³-hybridized carbons (Fsp3) is 0.120. The summed E-state index contributed by atoms with van der Waals surface area (Å²) in [6.07, 6.45) is 0. The van der Waals surface area contributed by atoms with Crippen LogP contribution < -0.4 is 14.8 Å². The monoisotopic (exact) mass is 428 g/mol. The zero-order chi connectivity index (χ0) is 21.2. The van der Waals surface area contributed by atoms with Gasteiger partial charge in [-0.3, -0.25) is 4.79 Å². The number of ether oxygens (including phenoxy) is 2. The highest BCUT2D eigenvalue weighted by molar-refractivity contribution is 7.13. The van der Waals surface area contributed by atoms with E-state index in [0.717, 1.165) is 44.5 Å². The summed E-state index contributed by atoms with van der Waals surface area (Å²) in [5.74, 6) is 1.45. The Hall–Kier alpha value is -3.64. The molecule has 5 nitrogen and oxygen atoms in total. The number of hydrogen-bond donors (Lipinski definition) is 1. The minimum Gasteiger partial charge on any atom is -0.454 e. The summed E-state index contributed by atoms with van der Waals surface area (Å²) in [4.78, 5) is 17.1. The quantitative estimate of drug-likeness (QED) is 0.460. The fourth-order valence-electron chi connectivity index (χ4n) is 3.35. The van der Waals surface area contributed by atoms with Gasteiger partial charge in [0.25, 0.3) is 5.91 Å². The van der Waals surface area contributed by atoms with Crippen molar-refractivity contribution in [3.63, 3.8) is 0 Å². The number of nitrogens with one attached hydrogen (secondary N) is 1. The molecule has 0 saturated carbocycles. The van der Waals surface area contributed by atoms with Gasteiger partial charge in [0.1, 0.15) is 5.01 Å². The first-order valence-electron chi connectivity index (χ1n) is 9.95. The van der Waals surface area contributed by atoms with Gasteiger partial charge < -0.3 is 14.8 Å². The Kier molecular flexibility index (Phi) is 5.14. The number of fused-ring (bicyclic) bond motifs is 1. The van der Waals surface area contributed by atoms with Crippen LogP contribution in [-0.4, -0.2) is 17.7 Å². The fourth-order valence-corrected chi connectivity index (χ4v) is 4.18. The lowest BCUT2D eigenvalue weighted by Gasteiger charge is -2.06. The Morgan fingerprint density at radius 2 is 1.71 bits per heavy atom. The van der Waals surface area contributed by atoms with Gasteiger partial charge in [-0.2, -0.15) is 0 Å². The third-order valence-electron chi connectivity index (χ3n) is 5.14. The number of aryl methyl sites for hydroxylation is 1. The normalized spacial score (nSPS) is 12.0. The van der Waals surface area contributed by atoms with Crippen molar-refractivity contribution in [1.29, 1.82) is 0 Å². The van der Waals surface area contributed by atoms with Gasteiger partial charge in [0, 0.05) is 28.6 Å². The van der Waals surface area contributed by atoms with E-state index in [1.54, 1.807) is 11.3 Å². The molecule has 0 bridgehead atoms. The van der Waals surface area contributed by atoms with Crippen LogP contribution in [0.4, 0.5) is 0 Å². The molecule has 0 unspecified atom stereocenters. The molecule has 0 radical (unpaired) electrons. The summed E-state index contributed by atoms with van der Waals surface area (Å²) >= 11 is 1.60. The molecule has 0 atom stereocenters. The van der Waals surface area contributed by atoms with Crippen molar-refractivity contribution in [1.82, 2.24) is 10.3 Å². The van der Waals surface area contributed by atoms with Crippen LogP contribution >= 0.6 is 11.3 Å². The lowest BCUT2D eigenvalue weighted by Crippen LogP contribution is -2.22. The van der Waals surface area contributed by atoms with E-state index in [-0.39, 0.29) is 12.7 Å². The van der Waals surface area contributed by atoms with E-state index in [2.05, 4.69) is 5.32 Å². The van der Waals surface area contributed by atoms with Gasteiger partial charge in [0.2, 0.25) is 6.79 Å². The van der Waals surface area contributed by atoms with Crippen LogP contribution in [0.1, 0.15) is 21.5 Å². The summed E-state index contributed by atoms with van der Waals surface area (Å²) in [7, 11) is 0. The average molecular weight is 429 g/mol. The van der Waals surface area contributed by atoms with Crippen molar-refractivity contribution >= 4 is 17.2 Å². The Morgan fingerprint density at radius 1 is 0.968 bits per heavy atom. The molecule has 3 aromatic carbocycles. The summed E-state index contributed by atoms with van der Waals surface area (Å²) in [6.45, 7) is 2.75. The third kappa shape index (κ3) is 4.15. The second kappa shape index (κ2) is 8.24. The Labute approximate surface area is 184 Å². The number of aromatic nitrogens is 1. The smallest absolute Gasteiger partial charge is 0.251 e. The number of carbonyl (C=O) groups excluding carboxylic acids is 1. The number of amides is 1. The maximum absolute atomic E-state index is 12.3. The summed E-state index contributed by atoms with van der Waals surface area (Å²) in [6, 6.07) is 21.5. The molecule has 0 aliphatic carbocycles. The summed E-state index contributed by atoms with van der Waals surface area (Å²) < 4.78 is 10.8. The SMILES string of the molecule is Cc1ccc(C(=O)NCc2ccc(-c3nc(-c4ccc5c(c4)OCO5)cs3)cc2)cc1. The van der Waals surface area contributed by atoms with Gasteiger partial charge in [0.15, 0.2) is 11.5 Å². The molecule has 154 valence electrons. The van der Waals surface area contributed by atoms with Crippen molar-refractivity contribution in [3.8, 4) is 33.3 Å². The number of benzene rings is 3. The Morgan fingerprint density at radius 3 is 2.52 bits per heavy atom. The third-order valence-corrected chi connectivity index (χ3v) is 6.03. The van der Waals surface area contributed by atoms with E-state index in [1.165, 1.54) is 0 Å². The van der Waals surface area contributed by atoms with Gasteiger partial charge >= 0.3 is 0 Å². The largest absolute Gasteiger partial charge is 0.454 e. The van der Waals surface area contributed by atoms with E-state index in [1.807, 2.05) is 79.0 Å². The standard InChI is InChI=1S/C25H20N2O3S/c1-16-2-6-18(7-3-16)24(28)26-13-17-4-8-19(9-5-17)25-27-21(14-31-25)20-10-11-22-23(12-20)30-15-29-22/h2-12,14H,13,15H2,1H3,(H,26,28). The van der Waals surface area contributed by atoms with E-state index >= 15 is 0 Å². The molecule has 1 N–H and O–H groups in total. The van der Waals surface area contributed by atoms with Crippen LogP contribution in [0.25, 0.3) is 21.8 Å². The van der Waals surface area contributed by atoms with Crippen LogP contribution in [0.5, 0.6) is 11.5 Å². The summed E-state index contributed by atoms with van der Waals surface area (Å²) in [5, 5.41) is 5.96. The van der Waals surface area contributed by atoms with Crippen LogP contribution in [0.15, 0.2) is 72.1 Å². The Bertz CT molecular complexity index is 1230. The first-order chi connectivity index (χ1) is 15.2. The van der Waals surface area contributed by atoms with Crippen LogP contribution in [0, 0.1) is 6.92 Å². The lowest BCUT2D eigenvalue weighted by atomic mass is 10.1. The summed E-state index contributed by atoms with van der Waals surface area (Å²) in [5.41, 5.74) is 5.80. The zero-order valence-electron chi connectivity index (χ0n) is 16.9. The van der Waals surface area contributed by atoms with Crippen molar-refractivity contribution in [2.24, 2.45) is 0 Å². The molecule has 5 rings (SSSR count). The molecule has 0 spiro atoms. The first kappa shape index (κ1) is 19.3. The average Bonchev–Trinajstić information content (AvgIpc) is 3.47. The van der Waals surface area contributed by atoms with Crippen molar-refractivity contribution < 1.29 is 14.3 Å². The van der Waals surface area contributed by atoms with Crippen molar-refractivity contribution in [2.75, 3.05) is 6.79 Å². The minimum atomic E-state index is -0.0719. The zero-order valence-corrected chi connectivity index (χ0v) is 17.7. The number of thiazole rings is 1. The predicted molar refractivity (Wildman–Crippen MR) is 121 cm³/mol. The molecule has 1 amide bonds. The lowest BCUT2D eigenvalue weighted by molar-refractivity contribution is 0.0951. The van der Waals surface area contributed by atoms with Crippen LogP contribution in [0.2, 0.25) is 0 Å². The van der Waals surface area contributed by atoms with Crippen LogP contribution in [-0.2, 0) is 6.54 Å².